The third-order valence-corrected chi connectivity index (χ3v) is 4.77. The Hall–Kier alpha value is -4.16. The van der Waals surface area contributed by atoms with Gasteiger partial charge in [0, 0.05) is 38.3 Å². The van der Waals surface area contributed by atoms with Crippen LogP contribution in [0.5, 0.6) is 0 Å². The van der Waals surface area contributed by atoms with E-state index in [4.69, 9.17) is 29.2 Å². The Labute approximate surface area is 205 Å². The van der Waals surface area contributed by atoms with Gasteiger partial charge in [-0.2, -0.15) is 0 Å². The van der Waals surface area contributed by atoms with Crippen LogP contribution in [0.25, 0.3) is 10.4 Å². The molecule has 14 heteroatoms. The molecule has 0 bridgehead atoms. The van der Waals surface area contributed by atoms with Gasteiger partial charge in [-0.3, -0.25) is 24.0 Å². The number of ether oxygens (including phenoxy) is 5. The number of hydrogen-bond donors (Lipinski definition) is 1. The molecule has 1 aliphatic heterocycles. The maximum atomic E-state index is 12.9. The molecule has 0 radical (unpaired) electrons. The van der Waals surface area contributed by atoms with Gasteiger partial charge in [-0.1, -0.05) is 29.4 Å². The monoisotopic (exact) mass is 506 g/mol. The van der Waals surface area contributed by atoms with Gasteiger partial charge in [0.2, 0.25) is 12.2 Å². The molecule has 1 aliphatic rings. The van der Waals surface area contributed by atoms with Crippen molar-refractivity contribution < 1.29 is 47.7 Å². The highest BCUT2D eigenvalue weighted by atomic mass is 16.7. The third kappa shape index (κ3) is 8.56. The summed E-state index contributed by atoms with van der Waals surface area (Å²) in [4.78, 5) is 62.4. The molecule has 1 aromatic rings. The summed E-state index contributed by atoms with van der Waals surface area (Å²) < 4.78 is 26.6. The van der Waals surface area contributed by atoms with Gasteiger partial charge < -0.3 is 29.0 Å². The molecule has 5 atom stereocenters. The number of esters is 4. The fraction of sp³-hybridized carbons (Fsp3) is 0.500. The van der Waals surface area contributed by atoms with Crippen LogP contribution in [0.1, 0.15) is 33.3 Å². The molecule has 1 unspecified atom stereocenters. The van der Waals surface area contributed by atoms with Crippen LogP contribution in [0.15, 0.2) is 29.4 Å². The molecule has 36 heavy (non-hydrogen) atoms. The number of azide groups is 1. The van der Waals surface area contributed by atoms with E-state index < -0.39 is 67.0 Å². The predicted octanol–water partition coefficient (Wildman–Crippen LogP) is 1.37. The van der Waals surface area contributed by atoms with E-state index in [2.05, 4.69) is 15.3 Å². The lowest BCUT2D eigenvalue weighted by Crippen LogP contribution is -2.67. The Bertz CT molecular complexity index is 1040. The first kappa shape index (κ1) is 28.1. The highest BCUT2D eigenvalue weighted by molar-refractivity contribution is 5.79. The number of amides is 1. The van der Waals surface area contributed by atoms with E-state index in [1.165, 1.54) is 12.1 Å². The second kappa shape index (κ2) is 13.1. The second-order valence-electron chi connectivity index (χ2n) is 7.73. The maximum absolute atomic E-state index is 12.9. The molecule has 0 spiro atoms. The van der Waals surface area contributed by atoms with Gasteiger partial charge in [0.05, 0.1) is 6.42 Å². The van der Waals surface area contributed by atoms with E-state index in [0.29, 0.717) is 11.3 Å². The van der Waals surface area contributed by atoms with Crippen molar-refractivity contribution >= 4 is 35.5 Å². The molecular formula is C22H26N4O10. The molecule has 1 N–H and O–H groups in total. The van der Waals surface area contributed by atoms with Crippen LogP contribution >= 0.6 is 0 Å². The number of hydrogen-bond acceptors (Lipinski definition) is 11. The predicted molar refractivity (Wildman–Crippen MR) is 119 cm³/mol. The SMILES string of the molecule is CC(=O)OC[C@H]1OC(OC(C)=O)[C@@H](NC(=O)Cc2ccc(N=[N+]=[N-])cc2)[C@@H](OC(C)=O)[C@@H]1OC(C)=O. The van der Waals surface area contributed by atoms with Crippen LogP contribution in [-0.4, -0.2) is 67.0 Å². The number of carbonyl (C=O) groups is 5. The van der Waals surface area contributed by atoms with Gasteiger partial charge in [0.25, 0.3) is 0 Å². The van der Waals surface area contributed by atoms with Gasteiger partial charge in [-0.15, -0.1) is 0 Å². The van der Waals surface area contributed by atoms with E-state index in [-0.39, 0.29) is 6.42 Å². The molecule has 1 fully saturated rings. The fourth-order valence-electron chi connectivity index (χ4n) is 3.47. The summed E-state index contributed by atoms with van der Waals surface area (Å²) in [6.07, 6.45) is -5.49. The number of benzene rings is 1. The van der Waals surface area contributed by atoms with Crippen molar-refractivity contribution in [2.24, 2.45) is 5.11 Å². The van der Waals surface area contributed by atoms with E-state index in [0.717, 1.165) is 27.7 Å². The van der Waals surface area contributed by atoms with E-state index in [9.17, 15) is 24.0 Å². The summed E-state index contributed by atoms with van der Waals surface area (Å²) in [6.45, 7) is 4.05. The first-order chi connectivity index (χ1) is 17.0. The van der Waals surface area contributed by atoms with Crippen molar-refractivity contribution in [3.8, 4) is 0 Å². The maximum Gasteiger partial charge on any atom is 0.305 e. The van der Waals surface area contributed by atoms with Crippen molar-refractivity contribution in [3.63, 3.8) is 0 Å². The highest BCUT2D eigenvalue weighted by Gasteiger charge is 2.52. The molecule has 0 aromatic heterocycles. The molecule has 14 nitrogen and oxygen atoms in total. The van der Waals surface area contributed by atoms with Gasteiger partial charge in [0.1, 0.15) is 18.8 Å². The van der Waals surface area contributed by atoms with Crippen molar-refractivity contribution in [2.75, 3.05) is 6.61 Å². The molecule has 0 aliphatic carbocycles. The number of nitrogens with one attached hydrogen (secondary N) is 1. The van der Waals surface area contributed by atoms with E-state index in [1.54, 1.807) is 12.1 Å². The van der Waals surface area contributed by atoms with Crippen molar-refractivity contribution in [1.29, 1.82) is 0 Å². The number of nitrogens with zero attached hydrogens (tertiary/aromatic N) is 3. The lowest BCUT2D eigenvalue weighted by molar-refractivity contribution is -0.271. The molecule has 1 saturated heterocycles. The minimum atomic E-state index is -1.48. The standard InChI is InChI=1S/C22H26N4O10/c1-11(27)32-10-17-20(33-12(2)28)21(34-13(3)29)19(22(36-17)35-14(4)30)24-18(31)9-15-5-7-16(8-6-15)25-26-23/h5-8,17,19-22H,9-10H2,1-4H3,(H,24,31)/t17-,19+,20-,21-,22?/m1/s1. The number of rotatable bonds is 9. The van der Waals surface area contributed by atoms with Crippen LogP contribution in [-0.2, 0) is 54.1 Å². The summed E-state index contributed by atoms with van der Waals surface area (Å²) in [7, 11) is 0. The summed E-state index contributed by atoms with van der Waals surface area (Å²) in [5, 5.41) is 6.06. The molecule has 1 heterocycles. The fourth-order valence-corrected chi connectivity index (χ4v) is 3.47. The van der Waals surface area contributed by atoms with Gasteiger partial charge in [-0.25, -0.2) is 0 Å². The minimum absolute atomic E-state index is 0.151. The summed E-state index contributed by atoms with van der Waals surface area (Å²) in [6, 6.07) is 4.90. The van der Waals surface area contributed by atoms with Gasteiger partial charge >= 0.3 is 23.9 Å². The first-order valence-electron chi connectivity index (χ1n) is 10.7. The lowest BCUT2D eigenvalue weighted by Gasteiger charge is -2.44. The summed E-state index contributed by atoms with van der Waals surface area (Å²) >= 11 is 0. The lowest BCUT2D eigenvalue weighted by atomic mass is 9.95. The molecular weight excluding hydrogens is 480 g/mol. The highest BCUT2D eigenvalue weighted by Crippen LogP contribution is 2.28. The Kier molecular flexibility index (Phi) is 10.2. The van der Waals surface area contributed by atoms with Crippen LogP contribution < -0.4 is 5.32 Å². The minimum Gasteiger partial charge on any atom is -0.463 e. The van der Waals surface area contributed by atoms with Crippen molar-refractivity contribution in [3.05, 3.63) is 40.3 Å². The first-order valence-corrected chi connectivity index (χ1v) is 10.7. The molecule has 2 rings (SSSR count). The smallest absolute Gasteiger partial charge is 0.305 e. The molecule has 1 amide bonds. The van der Waals surface area contributed by atoms with Crippen LogP contribution in [0.4, 0.5) is 5.69 Å². The third-order valence-electron chi connectivity index (χ3n) is 4.77. The van der Waals surface area contributed by atoms with Crippen LogP contribution in [0.3, 0.4) is 0 Å². The quantitative estimate of drug-likeness (QED) is 0.168. The van der Waals surface area contributed by atoms with Crippen LogP contribution in [0.2, 0.25) is 0 Å². The number of carbonyl (C=O) groups excluding carboxylic acids is 5. The summed E-state index contributed by atoms with van der Waals surface area (Å²) in [5.74, 6) is -3.54. The Morgan fingerprint density at radius 2 is 1.50 bits per heavy atom. The zero-order valence-corrected chi connectivity index (χ0v) is 20.0. The molecule has 0 saturated carbocycles. The Balaban J connectivity index is 2.35. The average molecular weight is 506 g/mol. The van der Waals surface area contributed by atoms with Crippen molar-refractivity contribution in [2.45, 2.75) is 64.8 Å². The zero-order chi connectivity index (χ0) is 26.8. The Morgan fingerprint density at radius 1 is 0.917 bits per heavy atom. The van der Waals surface area contributed by atoms with Crippen LogP contribution in [0, 0.1) is 0 Å². The van der Waals surface area contributed by atoms with E-state index >= 15 is 0 Å². The largest absolute Gasteiger partial charge is 0.463 e. The topological polar surface area (TPSA) is 192 Å². The summed E-state index contributed by atoms with van der Waals surface area (Å²) in [5.41, 5.74) is 9.41. The van der Waals surface area contributed by atoms with Gasteiger partial charge in [0.15, 0.2) is 12.2 Å². The average Bonchev–Trinajstić information content (AvgIpc) is 2.77. The molecule has 194 valence electrons. The zero-order valence-electron chi connectivity index (χ0n) is 20.0. The van der Waals surface area contributed by atoms with Gasteiger partial charge in [-0.05, 0) is 11.1 Å². The second-order valence-corrected chi connectivity index (χ2v) is 7.73. The van der Waals surface area contributed by atoms with Crippen molar-refractivity contribution in [1.82, 2.24) is 5.32 Å². The Morgan fingerprint density at radius 3 is 2.03 bits per heavy atom. The molecule has 1 aromatic carbocycles. The normalized spacial score (nSPS) is 22.8. The van der Waals surface area contributed by atoms with E-state index in [1.807, 2.05) is 0 Å².